The number of carbonyl (C=O) groups is 1. The largest absolute Gasteiger partial charge is 0.465 e. The second kappa shape index (κ2) is 5.61. The highest BCUT2D eigenvalue weighted by Gasteiger charge is 2.23. The summed E-state index contributed by atoms with van der Waals surface area (Å²) in [7, 11) is 0. The van der Waals surface area contributed by atoms with Gasteiger partial charge in [0.1, 0.15) is 0 Å². The number of rotatable bonds is 1. The van der Waals surface area contributed by atoms with Crippen LogP contribution in [0, 0.1) is 0 Å². The van der Waals surface area contributed by atoms with E-state index in [9.17, 15) is 9.90 Å². The molecule has 4 rings (SSSR count). The summed E-state index contributed by atoms with van der Waals surface area (Å²) in [5.74, 6) is 0. The SMILES string of the molecule is O=C(O)N1CCc2cc3c(cc2CC1)N(n1cccn1)CCC3. The van der Waals surface area contributed by atoms with E-state index in [2.05, 4.69) is 22.2 Å². The Hall–Kier alpha value is -2.50. The van der Waals surface area contributed by atoms with Gasteiger partial charge in [0, 0.05) is 25.8 Å². The summed E-state index contributed by atoms with van der Waals surface area (Å²) in [5, 5.41) is 15.8. The number of amides is 1. The Kier molecular flexibility index (Phi) is 3.44. The zero-order chi connectivity index (χ0) is 15.8. The summed E-state index contributed by atoms with van der Waals surface area (Å²) >= 11 is 0. The van der Waals surface area contributed by atoms with Gasteiger partial charge in [0.2, 0.25) is 0 Å². The van der Waals surface area contributed by atoms with Crippen molar-refractivity contribution in [3.63, 3.8) is 0 Å². The van der Waals surface area contributed by atoms with Crippen molar-refractivity contribution in [3.8, 4) is 0 Å². The molecular formula is C17H20N4O2. The highest BCUT2D eigenvalue weighted by atomic mass is 16.4. The van der Waals surface area contributed by atoms with Gasteiger partial charge in [-0.15, -0.1) is 0 Å². The highest BCUT2D eigenvalue weighted by molar-refractivity contribution is 5.65. The van der Waals surface area contributed by atoms with Gasteiger partial charge in [-0.1, -0.05) is 6.07 Å². The Bertz CT molecular complexity index is 726. The van der Waals surface area contributed by atoms with Crippen LogP contribution in [0.4, 0.5) is 10.5 Å². The summed E-state index contributed by atoms with van der Waals surface area (Å²) in [4.78, 5) is 14.6. The van der Waals surface area contributed by atoms with Crippen LogP contribution in [0.5, 0.6) is 0 Å². The molecule has 23 heavy (non-hydrogen) atoms. The van der Waals surface area contributed by atoms with Crippen molar-refractivity contribution in [2.24, 2.45) is 0 Å². The van der Waals surface area contributed by atoms with E-state index in [-0.39, 0.29) is 0 Å². The van der Waals surface area contributed by atoms with Crippen LogP contribution in [-0.2, 0) is 19.3 Å². The first-order chi connectivity index (χ1) is 11.2. The lowest BCUT2D eigenvalue weighted by Crippen LogP contribution is -2.35. The first-order valence-corrected chi connectivity index (χ1v) is 8.12. The number of fused-ring (bicyclic) bond motifs is 2. The molecule has 1 aromatic carbocycles. The molecule has 6 heteroatoms. The second-order valence-corrected chi connectivity index (χ2v) is 6.17. The molecule has 0 bridgehead atoms. The third kappa shape index (κ3) is 2.54. The van der Waals surface area contributed by atoms with E-state index in [1.165, 1.54) is 27.3 Å². The van der Waals surface area contributed by atoms with Crippen molar-refractivity contribution in [2.45, 2.75) is 25.7 Å². The number of anilines is 1. The lowest BCUT2D eigenvalue weighted by Gasteiger charge is -2.31. The third-order valence-electron chi connectivity index (χ3n) is 4.81. The maximum atomic E-state index is 11.2. The smallest absolute Gasteiger partial charge is 0.407 e. The molecule has 120 valence electrons. The summed E-state index contributed by atoms with van der Waals surface area (Å²) in [5.41, 5.74) is 5.12. The van der Waals surface area contributed by atoms with Gasteiger partial charge in [-0.3, -0.25) is 5.01 Å². The van der Waals surface area contributed by atoms with Crippen molar-refractivity contribution in [2.75, 3.05) is 24.6 Å². The first-order valence-electron chi connectivity index (χ1n) is 8.12. The van der Waals surface area contributed by atoms with E-state index in [0.717, 1.165) is 32.2 Å². The molecule has 0 spiro atoms. The van der Waals surface area contributed by atoms with Crippen LogP contribution in [0.15, 0.2) is 30.6 Å². The molecule has 1 N–H and O–H groups in total. The average molecular weight is 312 g/mol. The van der Waals surface area contributed by atoms with Crippen molar-refractivity contribution < 1.29 is 9.90 Å². The van der Waals surface area contributed by atoms with Crippen LogP contribution in [0.1, 0.15) is 23.1 Å². The van der Waals surface area contributed by atoms with E-state index < -0.39 is 6.09 Å². The van der Waals surface area contributed by atoms with Crippen molar-refractivity contribution in [1.82, 2.24) is 14.8 Å². The maximum Gasteiger partial charge on any atom is 0.407 e. The van der Waals surface area contributed by atoms with Gasteiger partial charge < -0.3 is 10.0 Å². The second-order valence-electron chi connectivity index (χ2n) is 6.17. The van der Waals surface area contributed by atoms with Gasteiger partial charge in [-0.25, -0.2) is 4.79 Å². The number of aryl methyl sites for hydroxylation is 1. The van der Waals surface area contributed by atoms with Crippen molar-refractivity contribution in [1.29, 1.82) is 0 Å². The van der Waals surface area contributed by atoms with Gasteiger partial charge in [-0.2, -0.15) is 9.89 Å². The molecule has 2 aromatic rings. The maximum absolute atomic E-state index is 11.2. The molecule has 0 saturated heterocycles. The lowest BCUT2D eigenvalue weighted by atomic mass is 9.94. The topological polar surface area (TPSA) is 61.6 Å². The zero-order valence-corrected chi connectivity index (χ0v) is 13.0. The fourth-order valence-electron chi connectivity index (χ4n) is 3.60. The Morgan fingerprint density at radius 2 is 1.83 bits per heavy atom. The first kappa shape index (κ1) is 14.1. The van der Waals surface area contributed by atoms with E-state index in [1.54, 1.807) is 6.20 Å². The molecule has 3 heterocycles. The molecule has 0 unspecified atom stereocenters. The predicted octanol–water partition coefficient (Wildman–Crippen LogP) is 2.18. The van der Waals surface area contributed by atoms with Crippen molar-refractivity contribution in [3.05, 3.63) is 47.3 Å². The number of carboxylic acid groups (broad SMARTS) is 1. The Morgan fingerprint density at radius 1 is 1.04 bits per heavy atom. The lowest BCUT2D eigenvalue weighted by molar-refractivity contribution is 0.147. The molecule has 0 atom stereocenters. The Balaban J connectivity index is 1.70. The third-order valence-corrected chi connectivity index (χ3v) is 4.81. The van der Waals surface area contributed by atoms with Gasteiger partial charge in [0.25, 0.3) is 0 Å². The minimum atomic E-state index is -0.819. The number of hydrogen-bond acceptors (Lipinski definition) is 3. The standard InChI is InChI=1S/C17H20N4O2/c22-17(23)19-9-4-13-11-15-3-1-7-20(21-8-2-6-18-21)16(15)12-14(13)5-10-19/h2,6,8,11-12H,1,3-5,7,9-10H2,(H,22,23). The molecule has 1 amide bonds. The minimum absolute atomic E-state index is 0.572. The van der Waals surface area contributed by atoms with E-state index in [1.807, 2.05) is 17.1 Å². The van der Waals surface area contributed by atoms with Crippen LogP contribution < -0.4 is 5.01 Å². The summed E-state index contributed by atoms with van der Waals surface area (Å²) in [6.45, 7) is 2.11. The van der Waals surface area contributed by atoms with Gasteiger partial charge in [0.15, 0.2) is 0 Å². The van der Waals surface area contributed by atoms with Gasteiger partial charge in [0.05, 0.1) is 11.9 Å². The normalized spacial score (nSPS) is 17.4. The minimum Gasteiger partial charge on any atom is -0.465 e. The predicted molar refractivity (Wildman–Crippen MR) is 86.7 cm³/mol. The van der Waals surface area contributed by atoms with Crippen molar-refractivity contribution >= 4 is 11.8 Å². The molecular weight excluding hydrogens is 292 g/mol. The molecule has 6 nitrogen and oxygen atoms in total. The Labute approximate surface area is 134 Å². The number of nitrogens with zero attached hydrogens (tertiary/aromatic N) is 4. The summed E-state index contributed by atoms with van der Waals surface area (Å²) in [6, 6.07) is 6.46. The molecule has 0 saturated carbocycles. The van der Waals surface area contributed by atoms with Crippen LogP contribution in [0.2, 0.25) is 0 Å². The van der Waals surface area contributed by atoms with E-state index in [0.29, 0.717) is 13.1 Å². The summed E-state index contributed by atoms with van der Waals surface area (Å²) < 4.78 is 0. The van der Waals surface area contributed by atoms with Crippen LogP contribution in [0.25, 0.3) is 0 Å². The van der Waals surface area contributed by atoms with Gasteiger partial charge in [-0.05, 0) is 54.5 Å². The fourth-order valence-corrected chi connectivity index (χ4v) is 3.60. The molecule has 0 fully saturated rings. The molecule has 2 aliphatic rings. The Morgan fingerprint density at radius 3 is 2.52 bits per heavy atom. The monoisotopic (exact) mass is 312 g/mol. The van der Waals surface area contributed by atoms with E-state index >= 15 is 0 Å². The van der Waals surface area contributed by atoms with Gasteiger partial charge >= 0.3 is 6.09 Å². The van der Waals surface area contributed by atoms with Crippen LogP contribution in [-0.4, -0.2) is 45.6 Å². The zero-order valence-electron chi connectivity index (χ0n) is 13.0. The molecule has 0 aliphatic carbocycles. The van der Waals surface area contributed by atoms with Crippen LogP contribution >= 0.6 is 0 Å². The van der Waals surface area contributed by atoms with Crippen LogP contribution in [0.3, 0.4) is 0 Å². The fraction of sp³-hybridized carbons (Fsp3) is 0.412. The average Bonchev–Trinajstić information content (AvgIpc) is 3.00. The summed E-state index contributed by atoms with van der Waals surface area (Å²) in [6.07, 6.45) is 6.70. The van der Waals surface area contributed by atoms with E-state index in [4.69, 9.17) is 0 Å². The quantitative estimate of drug-likeness (QED) is 0.877. The highest BCUT2D eigenvalue weighted by Crippen LogP contribution is 2.32. The molecule has 0 radical (unpaired) electrons. The number of hydrogen-bond donors (Lipinski definition) is 1. The number of aromatic nitrogens is 2. The molecule has 2 aliphatic heterocycles. The molecule has 1 aromatic heterocycles. The number of benzene rings is 1.